The van der Waals surface area contributed by atoms with E-state index in [1.165, 1.54) is 0 Å². The van der Waals surface area contributed by atoms with Crippen molar-refractivity contribution in [2.75, 3.05) is 0 Å². The van der Waals surface area contributed by atoms with Gasteiger partial charge in [-0.3, -0.25) is 0 Å². The highest BCUT2D eigenvalue weighted by Crippen LogP contribution is 2.25. The molecule has 21 heavy (non-hydrogen) atoms. The molecule has 0 aliphatic rings. The van der Waals surface area contributed by atoms with E-state index in [1.54, 1.807) is 36.4 Å². The van der Waals surface area contributed by atoms with E-state index in [0.29, 0.717) is 22.5 Å². The quantitative estimate of drug-likeness (QED) is 0.450. The number of ether oxygens (including phenoxy) is 1. The SMILES string of the molecule is O=c1[nH]c2ccc(Oc3ccc4[nH]c(=O)[nH]c4c3)cc2[nH]1. The van der Waals surface area contributed by atoms with Gasteiger partial charge in [-0.05, 0) is 24.3 Å². The Labute approximate surface area is 116 Å². The van der Waals surface area contributed by atoms with Crippen LogP contribution in [0.4, 0.5) is 0 Å². The number of hydrogen-bond donors (Lipinski definition) is 4. The first-order valence-electron chi connectivity index (χ1n) is 6.29. The Balaban J connectivity index is 1.74. The molecule has 0 bridgehead atoms. The van der Waals surface area contributed by atoms with E-state index in [-0.39, 0.29) is 11.4 Å². The second kappa shape index (κ2) is 4.14. The standard InChI is InChI=1S/C14H10N4O3/c19-13-15-9-3-1-7(5-11(9)17-13)21-8-2-4-10-12(6-8)18-14(20)16-10/h1-6H,(H2,15,17,19)(H2,16,18,20). The summed E-state index contributed by atoms with van der Waals surface area (Å²) in [4.78, 5) is 33.1. The zero-order valence-electron chi connectivity index (χ0n) is 10.7. The summed E-state index contributed by atoms with van der Waals surface area (Å²) in [5.41, 5.74) is 2.28. The number of rotatable bonds is 2. The van der Waals surface area contributed by atoms with Crippen LogP contribution in [-0.2, 0) is 0 Å². The molecule has 0 unspecified atom stereocenters. The first-order chi connectivity index (χ1) is 10.2. The van der Waals surface area contributed by atoms with Crippen LogP contribution in [0.1, 0.15) is 0 Å². The summed E-state index contributed by atoms with van der Waals surface area (Å²) >= 11 is 0. The Morgan fingerprint density at radius 3 is 1.52 bits per heavy atom. The fourth-order valence-corrected chi connectivity index (χ4v) is 2.29. The molecule has 2 heterocycles. The lowest BCUT2D eigenvalue weighted by molar-refractivity contribution is 0.484. The van der Waals surface area contributed by atoms with Crippen LogP contribution in [0.25, 0.3) is 22.1 Å². The molecule has 4 N–H and O–H groups in total. The number of benzene rings is 2. The van der Waals surface area contributed by atoms with Crippen molar-refractivity contribution in [3.63, 3.8) is 0 Å². The summed E-state index contributed by atoms with van der Waals surface area (Å²) in [6.45, 7) is 0. The average Bonchev–Trinajstić information content (AvgIpc) is 2.98. The minimum atomic E-state index is -0.256. The van der Waals surface area contributed by atoms with Gasteiger partial charge in [-0.2, -0.15) is 0 Å². The summed E-state index contributed by atoms with van der Waals surface area (Å²) in [5, 5.41) is 0. The summed E-state index contributed by atoms with van der Waals surface area (Å²) in [5.74, 6) is 1.19. The monoisotopic (exact) mass is 282 g/mol. The molecule has 0 atom stereocenters. The van der Waals surface area contributed by atoms with Gasteiger partial charge < -0.3 is 24.7 Å². The van der Waals surface area contributed by atoms with Crippen molar-refractivity contribution < 1.29 is 4.74 Å². The van der Waals surface area contributed by atoms with Crippen molar-refractivity contribution in [2.24, 2.45) is 0 Å². The lowest BCUT2D eigenvalue weighted by atomic mass is 10.3. The fourth-order valence-electron chi connectivity index (χ4n) is 2.29. The molecule has 0 radical (unpaired) electrons. The minimum absolute atomic E-state index is 0.256. The van der Waals surface area contributed by atoms with E-state index < -0.39 is 0 Å². The molecule has 2 aromatic heterocycles. The van der Waals surface area contributed by atoms with Crippen LogP contribution in [0, 0.1) is 0 Å². The lowest BCUT2D eigenvalue weighted by Crippen LogP contribution is -1.99. The average molecular weight is 282 g/mol. The number of hydrogen-bond acceptors (Lipinski definition) is 3. The first-order valence-corrected chi connectivity index (χ1v) is 6.29. The molecule has 7 nitrogen and oxygen atoms in total. The van der Waals surface area contributed by atoms with Crippen molar-refractivity contribution >= 4 is 22.1 Å². The highest BCUT2D eigenvalue weighted by atomic mass is 16.5. The Morgan fingerprint density at radius 1 is 0.619 bits per heavy atom. The Kier molecular flexibility index (Phi) is 2.28. The van der Waals surface area contributed by atoms with E-state index in [0.717, 1.165) is 11.0 Å². The maximum Gasteiger partial charge on any atom is 0.323 e. The van der Waals surface area contributed by atoms with Crippen LogP contribution >= 0.6 is 0 Å². The molecule has 0 saturated carbocycles. The van der Waals surface area contributed by atoms with Gasteiger partial charge in [-0.1, -0.05) is 0 Å². The molecule has 4 aromatic rings. The smallest absolute Gasteiger partial charge is 0.323 e. The van der Waals surface area contributed by atoms with Crippen LogP contribution in [0.3, 0.4) is 0 Å². The lowest BCUT2D eigenvalue weighted by Gasteiger charge is -2.05. The van der Waals surface area contributed by atoms with Gasteiger partial charge in [0.1, 0.15) is 11.5 Å². The normalized spacial score (nSPS) is 11.2. The molecule has 0 aliphatic heterocycles. The van der Waals surface area contributed by atoms with Crippen molar-refractivity contribution in [1.29, 1.82) is 0 Å². The van der Waals surface area contributed by atoms with Gasteiger partial charge in [0.2, 0.25) is 0 Å². The van der Waals surface area contributed by atoms with Crippen LogP contribution in [0.2, 0.25) is 0 Å². The number of H-pyrrole nitrogens is 4. The number of aromatic amines is 4. The van der Waals surface area contributed by atoms with Gasteiger partial charge >= 0.3 is 11.4 Å². The third-order valence-corrected chi connectivity index (χ3v) is 3.21. The van der Waals surface area contributed by atoms with Crippen molar-refractivity contribution in [1.82, 2.24) is 19.9 Å². The van der Waals surface area contributed by atoms with Crippen LogP contribution in [0.15, 0.2) is 46.0 Å². The second-order valence-corrected chi connectivity index (χ2v) is 4.68. The molecule has 0 aliphatic carbocycles. The van der Waals surface area contributed by atoms with Crippen molar-refractivity contribution in [2.45, 2.75) is 0 Å². The Hall–Kier alpha value is -3.22. The van der Waals surface area contributed by atoms with Crippen molar-refractivity contribution in [3.8, 4) is 11.5 Å². The molecule has 104 valence electrons. The zero-order chi connectivity index (χ0) is 14.4. The van der Waals surface area contributed by atoms with Gasteiger partial charge in [0.25, 0.3) is 0 Å². The van der Waals surface area contributed by atoms with Crippen LogP contribution in [0.5, 0.6) is 11.5 Å². The predicted octanol–water partition coefficient (Wildman–Crippen LogP) is 1.82. The molecule has 2 aromatic carbocycles. The third-order valence-electron chi connectivity index (χ3n) is 3.21. The van der Waals surface area contributed by atoms with Gasteiger partial charge in [0.15, 0.2) is 0 Å². The highest BCUT2D eigenvalue weighted by molar-refractivity contribution is 5.77. The van der Waals surface area contributed by atoms with Gasteiger partial charge in [-0.25, -0.2) is 9.59 Å². The van der Waals surface area contributed by atoms with Gasteiger partial charge in [0.05, 0.1) is 22.1 Å². The van der Waals surface area contributed by atoms with E-state index >= 15 is 0 Å². The minimum Gasteiger partial charge on any atom is -0.457 e. The number of aromatic nitrogens is 4. The van der Waals surface area contributed by atoms with E-state index in [9.17, 15) is 9.59 Å². The second-order valence-electron chi connectivity index (χ2n) is 4.68. The highest BCUT2D eigenvalue weighted by Gasteiger charge is 2.04. The molecular formula is C14H10N4O3. The summed E-state index contributed by atoms with van der Waals surface area (Å²) in [7, 11) is 0. The zero-order valence-corrected chi connectivity index (χ0v) is 10.7. The Bertz CT molecular complexity index is 981. The van der Waals surface area contributed by atoms with E-state index in [1.807, 2.05) is 0 Å². The number of imidazole rings is 2. The third kappa shape index (κ3) is 2.00. The summed E-state index contributed by atoms with van der Waals surface area (Å²) in [6, 6.07) is 10.5. The van der Waals surface area contributed by atoms with E-state index in [4.69, 9.17) is 4.74 Å². The Morgan fingerprint density at radius 2 is 1.05 bits per heavy atom. The largest absolute Gasteiger partial charge is 0.457 e. The molecule has 7 heteroatoms. The topological polar surface area (TPSA) is 107 Å². The first kappa shape index (κ1) is 11.6. The molecule has 0 amide bonds. The van der Waals surface area contributed by atoms with Crippen LogP contribution < -0.4 is 16.1 Å². The fraction of sp³-hybridized carbons (Fsp3) is 0. The van der Waals surface area contributed by atoms with Gasteiger partial charge in [0, 0.05) is 12.1 Å². The van der Waals surface area contributed by atoms with E-state index in [2.05, 4.69) is 19.9 Å². The molecule has 0 spiro atoms. The number of nitrogens with one attached hydrogen (secondary N) is 4. The molecular weight excluding hydrogens is 272 g/mol. The molecule has 4 rings (SSSR count). The summed E-state index contributed by atoms with van der Waals surface area (Å²) in [6.07, 6.45) is 0. The molecule has 0 saturated heterocycles. The van der Waals surface area contributed by atoms with Crippen LogP contribution in [-0.4, -0.2) is 19.9 Å². The van der Waals surface area contributed by atoms with Gasteiger partial charge in [-0.15, -0.1) is 0 Å². The van der Waals surface area contributed by atoms with Crippen molar-refractivity contribution in [3.05, 3.63) is 57.4 Å². The maximum atomic E-state index is 11.2. The molecule has 0 fully saturated rings. The predicted molar refractivity (Wildman–Crippen MR) is 77.9 cm³/mol. The maximum absolute atomic E-state index is 11.2. The summed E-state index contributed by atoms with van der Waals surface area (Å²) < 4.78 is 5.74. The number of fused-ring (bicyclic) bond motifs is 2.